The van der Waals surface area contributed by atoms with Crippen LogP contribution in [0.4, 0.5) is 11.4 Å². The van der Waals surface area contributed by atoms with Gasteiger partial charge in [0.2, 0.25) is 15.9 Å². The number of hydrogen-bond donors (Lipinski definition) is 1. The molecule has 146 valence electrons. The lowest BCUT2D eigenvalue weighted by molar-refractivity contribution is -0.116. The van der Waals surface area contributed by atoms with Gasteiger partial charge in [0.15, 0.2) is 5.69 Å². The smallest absolute Gasteiger partial charge is 0.285 e. The molecule has 3 aromatic rings. The minimum absolute atomic E-state index is 0.142. The first kappa shape index (κ1) is 19.8. The molecular formula is C18H17ClN4O4S. The molecule has 28 heavy (non-hydrogen) atoms. The van der Waals surface area contributed by atoms with Gasteiger partial charge in [0.05, 0.1) is 17.5 Å². The zero-order valence-electron chi connectivity index (χ0n) is 15.1. The predicted octanol–water partition coefficient (Wildman–Crippen LogP) is 3.61. The Morgan fingerprint density at radius 2 is 1.82 bits per heavy atom. The number of rotatable bonds is 5. The van der Waals surface area contributed by atoms with E-state index >= 15 is 0 Å². The Kier molecular flexibility index (Phi) is 5.39. The van der Waals surface area contributed by atoms with E-state index in [1.54, 1.807) is 25.2 Å². The lowest BCUT2D eigenvalue weighted by Gasteiger charge is -2.20. The van der Waals surface area contributed by atoms with Crippen LogP contribution in [0.1, 0.15) is 0 Å². The highest BCUT2D eigenvalue weighted by atomic mass is 35.5. The fourth-order valence-electron chi connectivity index (χ4n) is 2.73. The molecule has 0 radical (unpaired) electrons. The second-order valence-electron chi connectivity index (χ2n) is 6.09. The van der Waals surface area contributed by atoms with E-state index in [-0.39, 0.29) is 17.3 Å². The van der Waals surface area contributed by atoms with Gasteiger partial charge in [-0.1, -0.05) is 29.8 Å². The summed E-state index contributed by atoms with van der Waals surface area (Å²) in [6.45, 7) is -0.532. The Bertz CT molecular complexity index is 1170. The summed E-state index contributed by atoms with van der Waals surface area (Å²) in [5, 5.41) is 18.7. The Balaban J connectivity index is 1.88. The maximum atomic E-state index is 12.3. The van der Waals surface area contributed by atoms with Gasteiger partial charge in [0.1, 0.15) is 6.54 Å². The highest BCUT2D eigenvalue weighted by Gasteiger charge is 2.21. The van der Waals surface area contributed by atoms with Gasteiger partial charge in [0.25, 0.3) is 5.91 Å². The SMILES string of the molecule is Cn1c(O)c(N=NC(=O)CN(c2ccc(Cl)cc2)S(C)(=O)=O)c2ccccc21. The number of para-hydroxylation sites is 1. The van der Waals surface area contributed by atoms with Gasteiger partial charge < -0.3 is 9.67 Å². The molecule has 0 bridgehead atoms. The third kappa shape index (κ3) is 4.00. The molecule has 1 aromatic heterocycles. The van der Waals surface area contributed by atoms with Crippen molar-refractivity contribution in [1.29, 1.82) is 0 Å². The van der Waals surface area contributed by atoms with E-state index in [1.807, 2.05) is 6.07 Å². The number of anilines is 1. The lowest BCUT2D eigenvalue weighted by Crippen LogP contribution is -2.34. The molecule has 8 nitrogen and oxygen atoms in total. The fraction of sp³-hybridized carbons (Fsp3) is 0.167. The van der Waals surface area contributed by atoms with Gasteiger partial charge in [-0.15, -0.1) is 10.2 Å². The summed E-state index contributed by atoms with van der Waals surface area (Å²) in [5.74, 6) is -0.928. The number of fused-ring (bicyclic) bond motifs is 1. The molecule has 2 aromatic carbocycles. The molecule has 0 fully saturated rings. The van der Waals surface area contributed by atoms with Crippen molar-refractivity contribution in [2.75, 3.05) is 17.1 Å². The van der Waals surface area contributed by atoms with Crippen molar-refractivity contribution >= 4 is 49.8 Å². The highest BCUT2D eigenvalue weighted by molar-refractivity contribution is 7.92. The molecule has 0 saturated carbocycles. The van der Waals surface area contributed by atoms with E-state index in [0.717, 1.165) is 16.1 Å². The number of halogens is 1. The van der Waals surface area contributed by atoms with Crippen LogP contribution in [-0.4, -0.2) is 36.8 Å². The van der Waals surface area contributed by atoms with Crippen molar-refractivity contribution < 1.29 is 18.3 Å². The summed E-state index contributed by atoms with van der Waals surface area (Å²) >= 11 is 5.82. The van der Waals surface area contributed by atoms with Gasteiger partial charge in [0, 0.05) is 17.5 Å². The van der Waals surface area contributed by atoms with Crippen LogP contribution < -0.4 is 4.31 Å². The van der Waals surface area contributed by atoms with Gasteiger partial charge in [-0.2, -0.15) is 0 Å². The first-order chi connectivity index (χ1) is 13.2. The lowest BCUT2D eigenvalue weighted by atomic mass is 10.2. The molecule has 1 amide bonds. The van der Waals surface area contributed by atoms with Gasteiger partial charge in [-0.3, -0.25) is 9.10 Å². The van der Waals surface area contributed by atoms with E-state index < -0.39 is 22.5 Å². The fourth-order valence-corrected chi connectivity index (χ4v) is 3.70. The molecule has 0 aliphatic carbocycles. The summed E-state index contributed by atoms with van der Waals surface area (Å²) in [6, 6.07) is 13.1. The van der Waals surface area contributed by atoms with Crippen LogP contribution in [0.25, 0.3) is 10.9 Å². The first-order valence-electron chi connectivity index (χ1n) is 8.12. The molecule has 3 rings (SSSR count). The number of aromatic hydroxyl groups is 1. The molecule has 10 heteroatoms. The van der Waals surface area contributed by atoms with E-state index in [4.69, 9.17) is 11.6 Å². The Hall–Kier alpha value is -2.91. The van der Waals surface area contributed by atoms with Crippen molar-refractivity contribution in [2.45, 2.75) is 0 Å². The molecule has 1 heterocycles. The second-order valence-corrected chi connectivity index (χ2v) is 8.43. The number of carbonyl (C=O) groups excluding carboxylic acids is 1. The van der Waals surface area contributed by atoms with Gasteiger partial charge >= 0.3 is 0 Å². The van der Waals surface area contributed by atoms with E-state index in [2.05, 4.69) is 10.2 Å². The predicted molar refractivity (Wildman–Crippen MR) is 108 cm³/mol. The minimum Gasteiger partial charge on any atom is -0.493 e. The van der Waals surface area contributed by atoms with Crippen LogP contribution in [0.5, 0.6) is 5.88 Å². The second kappa shape index (κ2) is 7.61. The number of hydrogen-bond acceptors (Lipinski definition) is 5. The summed E-state index contributed by atoms with van der Waals surface area (Å²) in [7, 11) is -2.08. The van der Waals surface area contributed by atoms with Crippen LogP contribution in [0.15, 0.2) is 58.8 Å². The number of carbonyl (C=O) groups is 1. The number of aromatic nitrogens is 1. The van der Waals surface area contributed by atoms with E-state index in [0.29, 0.717) is 10.4 Å². The summed E-state index contributed by atoms with van der Waals surface area (Å²) in [4.78, 5) is 12.3. The van der Waals surface area contributed by atoms with Crippen molar-refractivity contribution in [1.82, 2.24) is 4.57 Å². The van der Waals surface area contributed by atoms with E-state index in [9.17, 15) is 18.3 Å². The minimum atomic E-state index is -3.73. The normalized spacial score (nSPS) is 12.0. The van der Waals surface area contributed by atoms with Crippen LogP contribution in [-0.2, 0) is 21.9 Å². The van der Waals surface area contributed by atoms with Crippen LogP contribution in [0.2, 0.25) is 5.02 Å². The van der Waals surface area contributed by atoms with Gasteiger partial charge in [-0.05, 0) is 30.3 Å². The van der Waals surface area contributed by atoms with E-state index in [1.165, 1.54) is 28.8 Å². The number of benzene rings is 2. The third-order valence-electron chi connectivity index (χ3n) is 4.11. The van der Waals surface area contributed by atoms with Crippen LogP contribution in [0.3, 0.4) is 0 Å². The molecule has 0 aliphatic rings. The standard InChI is InChI=1S/C18H17ClN4O4S/c1-22-15-6-4-3-5-14(15)17(18(22)25)21-20-16(24)11-23(28(2,26)27)13-9-7-12(19)8-10-13/h3-10,25H,11H2,1-2H3. The molecule has 0 saturated heterocycles. The monoisotopic (exact) mass is 420 g/mol. The zero-order chi connectivity index (χ0) is 20.5. The summed E-state index contributed by atoms with van der Waals surface area (Å²) in [6.07, 6.45) is 0.989. The quantitative estimate of drug-likeness (QED) is 0.636. The molecular weight excluding hydrogens is 404 g/mol. The molecule has 0 atom stereocenters. The van der Waals surface area contributed by atoms with Crippen molar-refractivity contribution in [3.05, 3.63) is 53.6 Å². The molecule has 1 N–H and O–H groups in total. The molecule has 0 aliphatic heterocycles. The Labute approximate surface area is 166 Å². The Morgan fingerprint density at radius 3 is 2.46 bits per heavy atom. The third-order valence-corrected chi connectivity index (χ3v) is 5.50. The number of aryl methyl sites for hydroxylation is 1. The zero-order valence-corrected chi connectivity index (χ0v) is 16.6. The van der Waals surface area contributed by atoms with Crippen molar-refractivity contribution in [2.24, 2.45) is 17.3 Å². The van der Waals surface area contributed by atoms with Crippen molar-refractivity contribution in [3.8, 4) is 5.88 Å². The van der Waals surface area contributed by atoms with Gasteiger partial charge in [-0.25, -0.2) is 8.42 Å². The largest absolute Gasteiger partial charge is 0.493 e. The first-order valence-corrected chi connectivity index (χ1v) is 10.4. The van der Waals surface area contributed by atoms with Crippen LogP contribution in [0, 0.1) is 0 Å². The van der Waals surface area contributed by atoms with Crippen LogP contribution >= 0.6 is 11.6 Å². The topological polar surface area (TPSA) is 104 Å². The molecule has 0 spiro atoms. The highest BCUT2D eigenvalue weighted by Crippen LogP contribution is 2.37. The Morgan fingerprint density at radius 1 is 1.18 bits per heavy atom. The average Bonchev–Trinajstić information content (AvgIpc) is 2.89. The number of amides is 1. The maximum Gasteiger partial charge on any atom is 0.285 e. The van der Waals surface area contributed by atoms with Crippen molar-refractivity contribution in [3.63, 3.8) is 0 Å². The molecule has 0 unspecified atom stereocenters. The maximum absolute atomic E-state index is 12.3. The summed E-state index contributed by atoms with van der Waals surface area (Å²) in [5.41, 5.74) is 1.15. The number of nitrogens with zero attached hydrogens (tertiary/aromatic N) is 4. The summed E-state index contributed by atoms with van der Waals surface area (Å²) < 4.78 is 26.6. The number of azo groups is 1. The average molecular weight is 421 g/mol. The number of sulfonamides is 1.